The molecule has 1 saturated carbocycles. The van der Waals surface area contributed by atoms with Gasteiger partial charge in [0.2, 0.25) is 0 Å². The molecule has 1 aliphatic heterocycles. The molecule has 1 saturated heterocycles. The number of hydrogen-bond donors (Lipinski definition) is 2. The first-order chi connectivity index (χ1) is 16.8. The van der Waals surface area contributed by atoms with Crippen molar-refractivity contribution in [2.45, 2.75) is 49.7 Å². The lowest BCUT2D eigenvalue weighted by atomic mass is 9.64. The molecule has 2 N–H and O–H groups in total. The van der Waals surface area contributed by atoms with E-state index in [1.54, 1.807) is 0 Å². The SMILES string of the molecule is COC(=O)N1CC2CCC(C(Cc3ccccc3)(Cc3ccccc3)P(=O)(O)O)CC2CC1C#N. The summed E-state index contributed by atoms with van der Waals surface area (Å²) in [7, 11) is -3.24. The smallest absolute Gasteiger partial charge is 0.410 e. The predicted molar refractivity (Wildman–Crippen MR) is 133 cm³/mol. The lowest BCUT2D eigenvalue weighted by Gasteiger charge is -2.50. The second-order valence-electron chi connectivity index (χ2n) is 10.0. The average Bonchev–Trinajstić information content (AvgIpc) is 2.87. The monoisotopic (exact) mass is 496 g/mol. The van der Waals surface area contributed by atoms with Crippen molar-refractivity contribution < 1.29 is 23.9 Å². The molecule has 4 rings (SSSR count). The van der Waals surface area contributed by atoms with Gasteiger partial charge >= 0.3 is 13.7 Å². The van der Waals surface area contributed by atoms with E-state index in [1.165, 1.54) is 12.0 Å². The average molecular weight is 497 g/mol. The highest BCUT2D eigenvalue weighted by Crippen LogP contribution is 2.62. The van der Waals surface area contributed by atoms with E-state index in [9.17, 15) is 24.4 Å². The van der Waals surface area contributed by atoms with Crippen molar-refractivity contribution in [3.05, 3.63) is 71.8 Å². The molecule has 1 aliphatic carbocycles. The molecule has 1 amide bonds. The molecule has 2 aromatic carbocycles. The number of nitrogens with zero attached hydrogens (tertiary/aromatic N) is 2. The molecule has 7 nitrogen and oxygen atoms in total. The van der Waals surface area contributed by atoms with Crippen LogP contribution < -0.4 is 0 Å². The van der Waals surface area contributed by atoms with Crippen molar-refractivity contribution >= 4 is 13.7 Å². The van der Waals surface area contributed by atoms with Gasteiger partial charge in [0, 0.05) is 6.54 Å². The van der Waals surface area contributed by atoms with Gasteiger partial charge in [0.05, 0.1) is 18.3 Å². The largest absolute Gasteiger partial charge is 0.453 e. The Labute approximate surface area is 206 Å². The van der Waals surface area contributed by atoms with Gasteiger partial charge in [-0.1, -0.05) is 60.7 Å². The third-order valence-corrected chi connectivity index (χ3v) is 9.92. The van der Waals surface area contributed by atoms with Crippen molar-refractivity contribution in [2.24, 2.45) is 17.8 Å². The van der Waals surface area contributed by atoms with E-state index in [1.807, 2.05) is 60.7 Å². The number of piperidine rings is 1. The van der Waals surface area contributed by atoms with Crippen LogP contribution >= 0.6 is 7.60 Å². The van der Waals surface area contributed by atoms with Crippen molar-refractivity contribution in [1.29, 1.82) is 5.26 Å². The molecule has 2 aromatic rings. The maximum atomic E-state index is 13.4. The second-order valence-corrected chi connectivity index (χ2v) is 12.0. The topological polar surface area (TPSA) is 111 Å². The van der Waals surface area contributed by atoms with E-state index in [0.29, 0.717) is 25.8 Å². The Bertz CT molecular complexity index is 1060. The van der Waals surface area contributed by atoms with Gasteiger partial charge in [0.1, 0.15) is 6.04 Å². The maximum Gasteiger partial charge on any atom is 0.410 e. The number of benzene rings is 2. The van der Waals surface area contributed by atoms with Gasteiger partial charge < -0.3 is 14.5 Å². The fraction of sp³-hybridized carbons (Fsp3) is 0.481. The lowest BCUT2D eigenvalue weighted by molar-refractivity contribution is 0.0279. The normalized spacial score (nSPS) is 24.8. The molecule has 2 aliphatic rings. The second kappa shape index (κ2) is 10.5. The number of ether oxygens (including phenoxy) is 1. The van der Waals surface area contributed by atoms with Crippen LogP contribution in [0.1, 0.15) is 36.8 Å². The standard InChI is InChI=1S/C27H33N2O5P/c1-34-26(30)29-19-22-12-13-24(14-23(22)15-25(29)18-28)27(35(31,32)33,16-20-8-4-2-5-9-20)17-21-10-6-3-7-11-21/h2-11,22-25H,12-17,19H2,1H3,(H2,31,32,33). The first kappa shape index (κ1) is 25.4. The summed E-state index contributed by atoms with van der Waals surface area (Å²) in [6.07, 6.45) is 2.62. The molecule has 35 heavy (non-hydrogen) atoms. The minimum Gasteiger partial charge on any atom is -0.453 e. The Balaban J connectivity index is 1.68. The number of methoxy groups -OCH3 is 1. The summed E-state index contributed by atoms with van der Waals surface area (Å²) in [6, 6.07) is 20.8. The van der Waals surface area contributed by atoms with Crippen molar-refractivity contribution in [1.82, 2.24) is 4.90 Å². The summed E-state index contributed by atoms with van der Waals surface area (Å²) in [4.78, 5) is 35.6. The summed E-state index contributed by atoms with van der Waals surface area (Å²) < 4.78 is 18.3. The van der Waals surface area contributed by atoms with Gasteiger partial charge in [-0.25, -0.2) is 4.79 Å². The quantitative estimate of drug-likeness (QED) is 0.557. The zero-order valence-corrected chi connectivity index (χ0v) is 20.9. The molecule has 4 unspecified atom stereocenters. The molecule has 0 aromatic heterocycles. The first-order valence-corrected chi connectivity index (χ1v) is 13.8. The fourth-order valence-electron chi connectivity index (χ4n) is 6.27. The number of carbonyl (C=O) groups excluding carboxylic acids is 1. The van der Waals surface area contributed by atoms with Crippen molar-refractivity contribution in [3.63, 3.8) is 0 Å². The number of nitriles is 1. The number of rotatable bonds is 6. The van der Waals surface area contributed by atoms with E-state index in [0.717, 1.165) is 17.5 Å². The van der Waals surface area contributed by atoms with Crippen LogP contribution in [0.15, 0.2) is 60.7 Å². The summed E-state index contributed by atoms with van der Waals surface area (Å²) >= 11 is 0. The Morgan fingerprint density at radius 1 is 1.03 bits per heavy atom. The predicted octanol–water partition coefficient (Wildman–Crippen LogP) is 4.79. The zero-order valence-electron chi connectivity index (χ0n) is 20.0. The van der Waals surface area contributed by atoms with Crippen LogP contribution in [0.25, 0.3) is 0 Å². The highest BCUT2D eigenvalue weighted by atomic mass is 31.2. The lowest BCUT2D eigenvalue weighted by Crippen LogP contribution is -2.53. The highest BCUT2D eigenvalue weighted by Gasteiger charge is 2.55. The van der Waals surface area contributed by atoms with Crippen molar-refractivity contribution in [2.75, 3.05) is 13.7 Å². The van der Waals surface area contributed by atoms with E-state index in [2.05, 4.69) is 6.07 Å². The number of hydrogen-bond acceptors (Lipinski definition) is 4. The van der Waals surface area contributed by atoms with Crippen LogP contribution in [0.2, 0.25) is 0 Å². The van der Waals surface area contributed by atoms with Gasteiger partial charge in [-0.2, -0.15) is 5.26 Å². The molecule has 8 heteroatoms. The molecule has 0 bridgehead atoms. The summed E-state index contributed by atoms with van der Waals surface area (Å²) in [5.74, 6) is 0.101. The van der Waals surface area contributed by atoms with Gasteiger partial charge in [-0.05, 0) is 67.4 Å². The minimum atomic E-state index is -4.56. The first-order valence-electron chi connectivity index (χ1n) is 12.1. The molecule has 0 radical (unpaired) electrons. The summed E-state index contributed by atoms with van der Waals surface area (Å²) in [5.41, 5.74) is 1.81. The molecular formula is C27H33N2O5P. The highest BCUT2D eigenvalue weighted by molar-refractivity contribution is 7.53. The third-order valence-electron chi connectivity index (χ3n) is 8.08. The van der Waals surface area contributed by atoms with Gasteiger partial charge in [0.25, 0.3) is 0 Å². The molecule has 0 spiro atoms. The van der Waals surface area contributed by atoms with Gasteiger partial charge in [-0.3, -0.25) is 9.46 Å². The number of carbonyl (C=O) groups is 1. The maximum absolute atomic E-state index is 13.4. The van der Waals surface area contributed by atoms with E-state index < -0.39 is 24.9 Å². The molecule has 4 atom stereocenters. The Morgan fingerprint density at radius 2 is 1.60 bits per heavy atom. The van der Waals surface area contributed by atoms with Crippen LogP contribution in [0.3, 0.4) is 0 Å². The van der Waals surface area contributed by atoms with Crippen LogP contribution in [-0.4, -0.2) is 45.6 Å². The number of likely N-dealkylation sites (tertiary alicyclic amines) is 1. The van der Waals surface area contributed by atoms with E-state index in [4.69, 9.17) is 4.74 Å². The van der Waals surface area contributed by atoms with Gasteiger partial charge in [-0.15, -0.1) is 0 Å². The van der Waals surface area contributed by atoms with E-state index >= 15 is 0 Å². The third kappa shape index (κ3) is 5.30. The Hall–Kier alpha value is -2.65. The number of fused-ring (bicyclic) bond motifs is 1. The van der Waals surface area contributed by atoms with Crippen LogP contribution in [-0.2, 0) is 22.1 Å². The molecule has 1 heterocycles. The molecule has 186 valence electrons. The fourth-order valence-corrected chi connectivity index (χ4v) is 7.76. The van der Waals surface area contributed by atoms with Crippen LogP contribution in [0.4, 0.5) is 4.79 Å². The van der Waals surface area contributed by atoms with E-state index in [-0.39, 0.29) is 30.6 Å². The Morgan fingerprint density at radius 3 is 2.09 bits per heavy atom. The zero-order chi connectivity index (χ0) is 25.1. The number of amides is 1. The molecule has 2 fully saturated rings. The van der Waals surface area contributed by atoms with Crippen LogP contribution in [0.5, 0.6) is 0 Å². The Kier molecular flexibility index (Phi) is 7.66. The summed E-state index contributed by atoms with van der Waals surface area (Å²) in [6.45, 7) is 0.447. The van der Waals surface area contributed by atoms with Crippen LogP contribution in [0, 0.1) is 29.1 Å². The summed E-state index contributed by atoms with van der Waals surface area (Å²) in [5, 5.41) is 8.47. The minimum absolute atomic E-state index is 0.122. The van der Waals surface area contributed by atoms with Gasteiger partial charge in [0.15, 0.2) is 0 Å². The van der Waals surface area contributed by atoms with Crippen molar-refractivity contribution in [3.8, 4) is 6.07 Å². The molecular weight excluding hydrogens is 463 g/mol.